The minimum absolute atomic E-state index is 0.534. The fourth-order valence-corrected chi connectivity index (χ4v) is 1.64. The first-order chi connectivity index (χ1) is 8.24. The van der Waals surface area contributed by atoms with Crippen molar-refractivity contribution in [2.75, 3.05) is 19.0 Å². The smallest absolute Gasteiger partial charge is 0.295 e. The number of oxazole rings is 1. The average Bonchev–Trinajstić information content (AvgIpc) is 2.72. The summed E-state index contributed by atoms with van der Waals surface area (Å²) in [5.41, 5.74) is 1.87. The van der Waals surface area contributed by atoms with E-state index in [2.05, 4.69) is 10.3 Å². The van der Waals surface area contributed by atoms with Crippen molar-refractivity contribution in [2.24, 2.45) is 0 Å². The Labute approximate surface area is 101 Å². The molecule has 1 heterocycles. The summed E-state index contributed by atoms with van der Waals surface area (Å²) in [5.74, 6) is 1.65. The van der Waals surface area contributed by atoms with Crippen molar-refractivity contribution >= 4 is 6.01 Å². The summed E-state index contributed by atoms with van der Waals surface area (Å²) in [6, 6.07) is 8.33. The van der Waals surface area contributed by atoms with Crippen molar-refractivity contribution in [1.82, 2.24) is 4.98 Å². The molecule has 1 aromatic carbocycles. The lowest BCUT2D eigenvalue weighted by Gasteiger charge is -2.03. The second-order valence-corrected chi connectivity index (χ2v) is 3.64. The third-order valence-corrected chi connectivity index (χ3v) is 2.44. The van der Waals surface area contributed by atoms with E-state index in [1.165, 1.54) is 0 Å². The van der Waals surface area contributed by atoms with Crippen LogP contribution >= 0.6 is 0 Å². The van der Waals surface area contributed by atoms with Crippen LogP contribution in [0.5, 0.6) is 5.75 Å². The van der Waals surface area contributed by atoms with E-state index < -0.39 is 0 Å². The van der Waals surface area contributed by atoms with E-state index in [1.54, 1.807) is 7.05 Å². The van der Waals surface area contributed by atoms with Gasteiger partial charge in [0.2, 0.25) is 0 Å². The van der Waals surface area contributed by atoms with E-state index in [-0.39, 0.29) is 0 Å². The van der Waals surface area contributed by atoms with Gasteiger partial charge in [-0.25, -0.2) is 0 Å². The monoisotopic (exact) mass is 232 g/mol. The Hall–Kier alpha value is -1.97. The highest BCUT2D eigenvalue weighted by Gasteiger charge is 2.10. The van der Waals surface area contributed by atoms with Crippen LogP contribution in [0.3, 0.4) is 0 Å². The number of aryl methyl sites for hydroxylation is 1. The summed E-state index contributed by atoms with van der Waals surface area (Å²) in [4.78, 5) is 4.26. The summed E-state index contributed by atoms with van der Waals surface area (Å²) in [7, 11) is 1.78. The second kappa shape index (κ2) is 4.91. The third kappa shape index (κ3) is 2.41. The van der Waals surface area contributed by atoms with Crippen LogP contribution in [-0.2, 0) is 0 Å². The van der Waals surface area contributed by atoms with Gasteiger partial charge < -0.3 is 14.5 Å². The predicted molar refractivity (Wildman–Crippen MR) is 67.4 cm³/mol. The zero-order valence-electron chi connectivity index (χ0n) is 10.3. The summed E-state index contributed by atoms with van der Waals surface area (Å²) in [6.07, 6.45) is 0. The van der Waals surface area contributed by atoms with Gasteiger partial charge in [0.15, 0.2) is 5.76 Å². The first-order valence-electron chi connectivity index (χ1n) is 5.63. The fraction of sp³-hybridized carbons (Fsp3) is 0.308. The predicted octanol–water partition coefficient (Wildman–Crippen LogP) is 3.09. The van der Waals surface area contributed by atoms with Gasteiger partial charge in [0.05, 0.1) is 12.3 Å². The Morgan fingerprint density at radius 3 is 2.53 bits per heavy atom. The van der Waals surface area contributed by atoms with E-state index in [0.29, 0.717) is 12.6 Å². The Balaban J connectivity index is 2.29. The molecule has 0 unspecified atom stereocenters. The molecule has 0 saturated heterocycles. The van der Waals surface area contributed by atoms with Crippen LogP contribution < -0.4 is 10.1 Å². The molecular weight excluding hydrogens is 216 g/mol. The highest BCUT2D eigenvalue weighted by atomic mass is 16.5. The lowest BCUT2D eigenvalue weighted by molar-refractivity contribution is 0.340. The summed E-state index contributed by atoms with van der Waals surface area (Å²) >= 11 is 0. The molecule has 0 fully saturated rings. The van der Waals surface area contributed by atoms with Crippen molar-refractivity contribution in [3.8, 4) is 17.1 Å². The standard InChI is InChI=1S/C13H16N2O2/c1-4-16-11-7-5-10(6-8-11)12-9(2)15-13(14-3)17-12/h5-8H,4H2,1-3H3,(H,14,15). The molecule has 90 valence electrons. The lowest BCUT2D eigenvalue weighted by atomic mass is 10.1. The molecule has 1 aromatic heterocycles. The number of hydrogen-bond acceptors (Lipinski definition) is 4. The molecule has 4 heteroatoms. The van der Waals surface area contributed by atoms with Crippen LogP contribution in [0.1, 0.15) is 12.6 Å². The van der Waals surface area contributed by atoms with Crippen LogP contribution in [-0.4, -0.2) is 18.6 Å². The molecule has 4 nitrogen and oxygen atoms in total. The largest absolute Gasteiger partial charge is 0.494 e. The van der Waals surface area contributed by atoms with Gasteiger partial charge >= 0.3 is 0 Å². The topological polar surface area (TPSA) is 47.3 Å². The van der Waals surface area contributed by atoms with E-state index in [4.69, 9.17) is 9.15 Å². The van der Waals surface area contributed by atoms with Crippen LogP contribution in [0, 0.1) is 6.92 Å². The van der Waals surface area contributed by atoms with Crippen LogP contribution in [0.25, 0.3) is 11.3 Å². The van der Waals surface area contributed by atoms with Gasteiger partial charge in [-0.2, -0.15) is 4.98 Å². The maximum absolute atomic E-state index is 5.59. The van der Waals surface area contributed by atoms with E-state index in [0.717, 1.165) is 22.8 Å². The van der Waals surface area contributed by atoms with Crippen molar-refractivity contribution in [3.05, 3.63) is 30.0 Å². The third-order valence-electron chi connectivity index (χ3n) is 2.44. The first kappa shape index (κ1) is 11.5. The molecule has 2 rings (SSSR count). The first-order valence-corrected chi connectivity index (χ1v) is 5.63. The molecule has 0 aliphatic heterocycles. The molecular formula is C13H16N2O2. The summed E-state index contributed by atoms with van der Waals surface area (Å²) < 4.78 is 11.0. The molecule has 0 spiro atoms. The van der Waals surface area contributed by atoms with Crippen molar-refractivity contribution < 1.29 is 9.15 Å². The Kier molecular flexibility index (Phi) is 3.32. The average molecular weight is 232 g/mol. The number of anilines is 1. The SMILES string of the molecule is CCOc1ccc(-c2oc(NC)nc2C)cc1. The van der Waals surface area contributed by atoms with Gasteiger partial charge in [0.1, 0.15) is 5.75 Å². The number of nitrogens with zero attached hydrogens (tertiary/aromatic N) is 1. The quantitative estimate of drug-likeness (QED) is 0.880. The maximum Gasteiger partial charge on any atom is 0.295 e. The molecule has 2 aromatic rings. The fourth-order valence-electron chi connectivity index (χ4n) is 1.64. The molecule has 0 atom stereocenters. The van der Waals surface area contributed by atoms with Gasteiger partial charge in [0, 0.05) is 12.6 Å². The Morgan fingerprint density at radius 2 is 2.00 bits per heavy atom. The van der Waals surface area contributed by atoms with Gasteiger partial charge in [-0.15, -0.1) is 0 Å². The van der Waals surface area contributed by atoms with E-state index in [1.807, 2.05) is 38.1 Å². The van der Waals surface area contributed by atoms with Crippen LogP contribution in [0.4, 0.5) is 6.01 Å². The molecule has 0 saturated carbocycles. The highest BCUT2D eigenvalue weighted by Crippen LogP contribution is 2.27. The molecule has 17 heavy (non-hydrogen) atoms. The van der Waals surface area contributed by atoms with Crippen molar-refractivity contribution in [2.45, 2.75) is 13.8 Å². The lowest BCUT2D eigenvalue weighted by Crippen LogP contribution is -1.90. The van der Waals surface area contributed by atoms with Crippen molar-refractivity contribution in [3.63, 3.8) is 0 Å². The maximum atomic E-state index is 5.59. The molecule has 0 amide bonds. The number of hydrogen-bond donors (Lipinski definition) is 1. The van der Waals surface area contributed by atoms with E-state index in [9.17, 15) is 0 Å². The molecule has 1 N–H and O–H groups in total. The van der Waals surface area contributed by atoms with Gasteiger partial charge in [-0.05, 0) is 38.1 Å². The molecule has 0 aliphatic carbocycles. The van der Waals surface area contributed by atoms with Gasteiger partial charge in [-0.3, -0.25) is 0 Å². The van der Waals surface area contributed by atoms with Gasteiger partial charge in [-0.1, -0.05) is 0 Å². The summed E-state index contributed by atoms with van der Waals surface area (Å²) in [6.45, 7) is 4.56. The highest BCUT2D eigenvalue weighted by molar-refractivity contribution is 5.61. The van der Waals surface area contributed by atoms with Gasteiger partial charge in [0.25, 0.3) is 6.01 Å². The molecule has 0 bridgehead atoms. The number of ether oxygens (including phenoxy) is 1. The Morgan fingerprint density at radius 1 is 1.29 bits per heavy atom. The zero-order valence-corrected chi connectivity index (χ0v) is 10.3. The van der Waals surface area contributed by atoms with E-state index >= 15 is 0 Å². The second-order valence-electron chi connectivity index (χ2n) is 3.64. The Bertz CT molecular complexity index is 489. The van der Waals surface area contributed by atoms with Crippen LogP contribution in [0.15, 0.2) is 28.7 Å². The number of benzene rings is 1. The number of aromatic nitrogens is 1. The zero-order chi connectivity index (χ0) is 12.3. The summed E-state index contributed by atoms with van der Waals surface area (Å²) in [5, 5.41) is 2.89. The minimum atomic E-state index is 0.534. The van der Waals surface area contributed by atoms with Crippen LogP contribution in [0.2, 0.25) is 0 Å². The number of nitrogens with one attached hydrogen (secondary N) is 1. The molecule has 0 aliphatic rings. The van der Waals surface area contributed by atoms with Crippen molar-refractivity contribution in [1.29, 1.82) is 0 Å². The molecule has 0 radical (unpaired) electrons. The normalized spacial score (nSPS) is 10.3. The number of rotatable bonds is 4. The minimum Gasteiger partial charge on any atom is -0.494 e.